The van der Waals surface area contributed by atoms with Crippen LogP contribution in [0.3, 0.4) is 0 Å². The third kappa shape index (κ3) is 2.32. The molecule has 0 saturated carbocycles. The molecule has 4 heteroatoms. The van der Waals surface area contributed by atoms with Crippen molar-refractivity contribution in [2.45, 2.75) is 6.42 Å². The highest BCUT2D eigenvalue weighted by molar-refractivity contribution is 6.31. The second-order valence-electron chi connectivity index (χ2n) is 2.71. The first-order valence-electron chi connectivity index (χ1n) is 3.97. The molecular weight excluding hydrogens is 193 g/mol. The summed E-state index contributed by atoms with van der Waals surface area (Å²) in [5.41, 5.74) is 0.455. The molecule has 72 valence electrons. The van der Waals surface area contributed by atoms with Crippen LogP contribution in [-0.2, 0) is 6.42 Å². The average molecular weight is 204 g/mol. The Morgan fingerprint density at radius 2 is 2.23 bits per heavy atom. The summed E-state index contributed by atoms with van der Waals surface area (Å²) >= 11 is 5.78. The lowest BCUT2D eigenvalue weighted by Gasteiger charge is -2.06. The van der Waals surface area contributed by atoms with Crippen LogP contribution in [0.4, 0.5) is 4.39 Å². The fraction of sp³-hybridized carbons (Fsp3) is 0.333. The summed E-state index contributed by atoms with van der Waals surface area (Å²) in [7, 11) is 1.78. The largest absolute Gasteiger partial charge is 0.505 e. The molecule has 2 N–H and O–H groups in total. The summed E-state index contributed by atoms with van der Waals surface area (Å²) < 4.78 is 12.9. The molecule has 0 unspecified atom stereocenters. The first-order chi connectivity index (χ1) is 6.16. The summed E-state index contributed by atoms with van der Waals surface area (Å²) in [6.07, 6.45) is 0.513. The van der Waals surface area contributed by atoms with Gasteiger partial charge in [0.2, 0.25) is 0 Å². The zero-order chi connectivity index (χ0) is 9.84. The molecule has 0 radical (unpaired) electrons. The number of benzene rings is 1. The summed E-state index contributed by atoms with van der Waals surface area (Å²) in [5, 5.41) is 12.6. The van der Waals surface area contributed by atoms with Crippen molar-refractivity contribution < 1.29 is 9.50 Å². The number of rotatable bonds is 3. The number of hydrogen-bond acceptors (Lipinski definition) is 2. The van der Waals surface area contributed by atoms with Crippen LogP contribution in [0.1, 0.15) is 5.56 Å². The molecule has 0 bridgehead atoms. The normalized spacial score (nSPS) is 10.4. The van der Waals surface area contributed by atoms with Gasteiger partial charge in [0, 0.05) is 10.6 Å². The molecule has 0 aliphatic heterocycles. The number of phenolic OH excluding ortho intramolecular Hbond substituents is 1. The van der Waals surface area contributed by atoms with Gasteiger partial charge in [0.1, 0.15) is 0 Å². The smallest absolute Gasteiger partial charge is 0.165 e. The van der Waals surface area contributed by atoms with E-state index in [2.05, 4.69) is 5.32 Å². The van der Waals surface area contributed by atoms with Crippen molar-refractivity contribution in [3.05, 3.63) is 28.5 Å². The summed E-state index contributed by atoms with van der Waals surface area (Å²) in [4.78, 5) is 0. The minimum absolute atomic E-state index is 0.345. The number of halogens is 2. The maximum Gasteiger partial charge on any atom is 0.165 e. The van der Waals surface area contributed by atoms with Crippen molar-refractivity contribution >= 4 is 11.6 Å². The summed E-state index contributed by atoms with van der Waals surface area (Å²) in [6, 6.07) is 2.60. The van der Waals surface area contributed by atoms with E-state index in [0.29, 0.717) is 23.6 Å². The van der Waals surface area contributed by atoms with E-state index in [9.17, 15) is 9.50 Å². The average Bonchev–Trinajstić information content (AvgIpc) is 2.12. The maximum atomic E-state index is 12.9. The highest BCUT2D eigenvalue weighted by Gasteiger charge is 2.10. The summed E-state index contributed by atoms with van der Waals surface area (Å²) in [5.74, 6) is -0.974. The quantitative estimate of drug-likeness (QED) is 0.787. The molecule has 1 aromatic rings. The van der Waals surface area contributed by atoms with E-state index in [4.69, 9.17) is 11.6 Å². The minimum Gasteiger partial charge on any atom is -0.505 e. The predicted molar refractivity (Wildman–Crippen MR) is 50.7 cm³/mol. The lowest BCUT2D eigenvalue weighted by molar-refractivity contribution is 0.425. The lowest BCUT2D eigenvalue weighted by atomic mass is 10.1. The van der Waals surface area contributed by atoms with E-state index in [1.807, 2.05) is 0 Å². The van der Waals surface area contributed by atoms with Gasteiger partial charge in [-0.15, -0.1) is 0 Å². The first-order valence-corrected chi connectivity index (χ1v) is 4.35. The van der Waals surface area contributed by atoms with Crippen LogP contribution in [0.25, 0.3) is 0 Å². The van der Waals surface area contributed by atoms with Crippen LogP contribution in [0.15, 0.2) is 12.1 Å². The van der Waals surface area contributed by atoms with Gasteiger partial charge in [-0.2, -0.15) is 0 Å². The third-order valence-corrected chi connectivity index (χ3v) is 2.16. The van der Waals surface area contributed by atoms with Crippen LogP contribution in [0.2, 0.25) is 5.02 Å². The highest BCUT2D eigenvalue weighted by Crippen LogP contribution is 2.28. The van der Waals surface area contributed by atoms with Crippen molar-refractivity contribution in [3.8, 4) is 5.75 Å². The van der Waals surface area contributed by atoms with Gasteiger partial charge in [-0.05, 0) is 32.1 Å². The Hall–Kier alpha value is -0.800. The number of nitrogens with one attached hydrogen (secondary N) is 1. The Morgan fingerprint density at radius 1 is 1.54 bits per heavy atom. The van der Waals surface area contributed by atoms with Crippen LogP contribution >= 0.6 is 11.6 Å². The molecule has 0 saturated heterocycles. The molecular formula is C9H11ClFNO. The Labute approximate surface area is 81.3 Å². The fourth-order valence-corrected chi connectivity index (χ4v) is 1.32. The minimum atomic E-state index is -0.629. The molecule has 0 fully saturated rings. The van der Waals surface area contributed by atoms with E-state index < -0.39 is 5.82 Å². The van der Waals surface area contributed by atoms with Crippen molar-refractivity contribution in [1.82, 2.24) is 5.32 Å². The van der Waals surface area contributed by atoms with Gasteiger partial charge >= 0.3 is 0 Å². The molecule has 0 aliphatic rings. The van der Waals surface area contributed by atoms with Gasteiger partial charge in [-0.1, -0.05) is 11.6 Å². The topological polar surface area (TPSA) is 32.3 Å². The van der Waals surface area contributed by atoms with E-state index in [1.165, 1.54) is 6.07 Å². The van der Waals surface area contributed by atoms with Gasteiger partial charge in [0.15, 0.2) is 11.6 Å². The second-order valence-corrected chi connectivity index (χ2v) is 3.12. The first kappa shape index (κ1) is 10.3. The summed E-state index contributed by atoms with van der Waals surface area (Å²) in [6.45, 7) is 0.650. The Morgan fingerprint density at radius 3 is 2.85 bits per heavy atom. The van der Waals surface area contributed by atoms with Crippen LogP contribution < -0.4 is 5.32 Å². The number of phenols is 1. The molecule has 0 aliphatic carbocycles. The van der Waals surface area contributed by atoms with Crippen molar-refractivity contribution in [3.63, 3.8) is 0 Å². The highest BCUT2D eigenvalue weighted by atomic mass is 35.5. The zero-order valence-corrected chi connectivity index (χ0v) is 8.03. The Kier molecular flexibility index (Phi) is 3.51. The maximum absolute atomic E-state index is 12.9. The Bertz CT molecular complexity index is 304. The van der Waals surface area contributed by atoms with Gasteiger partial charge in [-0.3, -0.25) is 0 Å². The van der Waals surface area contributed by atoms with Gasteiger partial charge in [0.05, 0.1) is 0 Å². The number of aromatic hydroxyl groups is 1. The molecule has 0 aromatic heterocycles. The zero-order valence-electron chi connectivity index (χ0n) is 7.27. The van der Waals surface area contributed by atoms with Crippen molar-refractivity contribution in [2.75, 3.05) is 13.6 Å². The number of likely N-dealkylation sites (N-methyl/N-ethyl adjacent to an activating group) is 1. The van der Waals surface area contributed by atoms with E-state index in [1.54, 1.807) is 7.05 Å². The van der Waals surface area contributed by atoms with E-state index >= 15 is 0 Å². The van der Waals surface area contributed by atoms with Crippen molar-refractivity contribution in [2.24, 2.45) is 0 Å². The van der Waals surface area contributed by atoms with E-state index in [-0.39, 0.29) is 5.75 Å². The molecule has 0 heterocycles. The van der Waals surface area contributed by atoms with Gasteiger partial charge < -0.3 is 10.4 Å². The second kappa shape index (κ2) is 4.44. The van der Waals surface area contributed by atoms with Crippen LogP contribution in [0.5, 0.6) is 5.75 Å². The van der Waals surface area contributed by atoms with Gasteiger partial charge in [0.25, 0.3) is 0 Å². The number of hydrogen-bond donors (Lipinski definition) is 2. The van der Waals surface area contributed by atoms with Gasteiger partial charge in [-0.25, -0.2) is 4.39 Å². The molecule has 1 rings (SSSR count). The molecule has 0 spiro atoms. The standard InChI is InChI=1S/C9H11ClFNO/c1-12-5-4-6-7(10)2-3-8(11)9(6)13/h2-3,12-13H,4-5H2,1H3. The lowest BCUT2D eigenvalue weighted by Crippen LogP contribution is -2.10. The molecule has 2 nitrogen and oxygen atoms in total. The van der Waals surface area contributed by atoms with Crippen LogP contribution in [-0.4, -0.2) is 18.7 Å². The Balaban J connectivity index is 2.96. The fourth-order valence-electron chi connectivity index (χ4n) is 1.07. The molecule has 1 aromatic carbocycles. The monoisotopic (exact) mass is 203 g/mol. The molecule has 0 atom stereocenters. The molecule has 0 amide bonds. The third-order valence-electron chi connectivity index (χ3n) is 1.80. The predicted octanol–water partition coefficient (Wildman–Crippen LogP) is 1.95. The molecule has 13 heavy (non-hydrogen) atoms. The van der Waals surface area contributed by atoms with Crippen LogP contribution in [0, 0.1) is 5.82 Å². The van der Waals surface area contributed by atoms with Crippen molar-refractivity contribution in [1.29, 1.82) is 0 Å². The SMILES string of the molecule is CNCCc1c(Cl)ccc(F)c1O. The van der Waals surface area contributed by atoms with E-state index in [0.717, 1.165) is 6.07 Å².